The van der Waals surface area contributed by atoms with Gasteiger partial charge in [-0.2, -0.15) is 0 Å². The molecule has 0 radical (unpaired) electrons. The summed E-state index contributed by atoms with van der Waals surface area (Å²) in [6.45, 7) is 15.7. The molecule has 1 heterocycles. The Morgan fingerprint density at radius 1 is 1.10 bits per heavy atom. The van der Waals surface area contributed by atoms with Crippen molar-refractivity contribution in [2.24, 2.45) is 5.41 Å². The number of amides is 1. The first-order chi connectivity index (χ1) is 13.7. The second-order valence-corrected chi connectivity index (χ2v) is 16.1. The maximum atomic E-state index is 13.1. The van der Waals surface area contributed by atoms with Crippen LogP contribution in [-0.2, 0) is 22.6 Å². The van der Waals surface area contributed by atoms with Crippen LogP contribution in [0.1, 0.15) is 73.5 Å². The Kier molecular flexibility index (Phi) is 5.97. The lowest BCUT2D eigenvalue weighted by molar-refractivity contribution is -0.146. The van der Waals surface area contributed by atoms with Crippen molar-refractivity contribution in [2.75, 3.05) is 0 Å². The second kappa shape index (κ2) is 7.79. The van der Waals surface area contributed by atoms with Crippen molar-refractivity contribution in [2.45, 2.75) is 98.1 Å². The highest BCUT2D eigenvalue weighted by atomic mass is 28.3. The van der Waals surface area contributed by atoms with Crippen LogP contribution < -0.4 is 5.19 Å². The Morgan fingerprint density at radius 2 is 1.67 bits per heavy atom. The number of aliphatic hydroxyl groups is 1. The van der Waals surface area contributed by atoms with E-state index in [1.54, 1.807) is 0 Å². The van der Waals surface area contributed by atoms with Crippen molar-refractivity contribution in [3.05, 3.63) is 27.8 Å². The quantitative estimate of drug-likeness (QED) is 0.711. The van der Waals surface area contributed by atoms with E-state index in [-0.39, 0.29) is 11.9 Å². The van der Waals surface area contributed by atoms with Gasteiger partial charge >= 0.3 is 5.97 Å². The molecule has 0 spiro atoms. The largest absolute Gasteiger partial charge is 0.479 e. The highest BCUT2D eigenvalue weighted by molar-refractivity contribution is 6.89. The van der Waals surface area contributed by atoms with E-state index in [4.69, 9.17) is 0 Å². The van der Waals surface area contributed by atoms with Crippen LogP contribution in [0, 0.1) is 19.3 Å². The minimum Gasteiger partial charge on any atom is -0.479 e. The molecule has 0 unspecified atom stereocenters. The molecule has 6 heteroatoms. The van der Waals surface area contributed by atoms with E-state index >= 15 is 0 Å². The lowest BCUT2D eigenvalue weighted by atomic mass is 9.74. The van der Waals surface area contributed by atoms with Gasteiger partial charge in [0.1, 0.15) is 0 Å². The lowest BCUT2D eigenvalue weighted by Gasteiger charge is -2.43. The molecule has 1 amide bonds. The smallest absolute Gasteiger partial charge is 0.337 e. The predicted octanol–water partition coefficient (Wildman–Crippen LogP) is 3.82. The molecule has 3 rings (SSSR count). The number of benzene rings is 1. The van der Waals surface area contributed by atoms with E-state index in [1.807, 2.05) is 6.92 Å². The zero-order valence-corrected chi connectivity index (χ0v) is 20.6. The Hall–Kier alpha value is -1.66. The standard InChI is InChI=1S/C24H37NO4Si/c1-14-17-12-19(26)25(16-8-10-24(3,4)11-9-16)13-18(17)15(2)22(30(5,6)7)20(14)21(27)23(28)29/h16,21,27H,8-13H2,1-7H3,(H,28,29)/t21-/m0/s1. The van der Waals surface area contributed by atoms with Gasteiger partial charge in [0.25, 0.3) is 0 Å². The molecular formula is C24H37NO4Si. The minimum atomic E-state index is -1.95. The number of fused-ring (bicyclic) bond motifs is 1. The first kappa shape index (κ1) is 23.0. The molecule has 1 fully saturated rings. The summed E-state index contributed by atoms with van der Waals surface area (Å²) in [5.41, 5.74) is 4.86. The number of carbonyl (C=O) groups is 2. The number of carboxylic acid groups (broad SMARTS) is 1. The fraction of sp³-hybridized carbons (Fsp3) is 0.667. The van der Waals surface area contributed by atoms with Crippen molar-refractivity contribution in [1.82, 2.24) is 4.90 Å². The van der Waals surface area contributed by atoms with Crippen LogP contribution in [0.2, 0.25) is 19.6 Å². The van der Waals surface area contributed by atoms with Gasteiger partial charge in [-0.25, -0.2) is 4.79 Å². The number of carboxylic acids is 1. The van der Waals surface area contributed by atoms with E-state index in [0.29, 0.717) is 23.9 Å². The van der Waals surface area contributed by atoms with E-state index in [9.17, 15) is 19.8 Å². The summed E-state index contributed by atoms with van der Waals surface area (Å²) in [6, 6.07) is 0.290. The molecule has 1 aliphatic heterocycles. The molecule has 1 aromatic rings. The monoisotopic (exact) mass is 431 g/mol. The average molecular weight is 432 g/mol. The lowest BCUT2D eigenvalue weighted by Crippen LogP contribution is -2.49. The molecule has 1 saturated carbocycles. The van der Waals surface area contributed by atoms with Gasteiger partial charge in [0.15, 0.2) is 6.10 Å². The number of hydrogen-bond acceptors (Lipinski definition) is 3. The van der Waals surface area contributed by atoms with Crippen molar-refractivity contribution in [3.8, 4) is 0 Å². The van der Waals surface area contributed by atoms with Crippen molar-refractivity contribution < 1.29 is 19.8 Å². The Bertz CT molecular complexity index is 874. The maximum Gasteiger partial charge on any atom is 0.337 e. The van der Waals surface area contributed by atoms with E-state index < -0.39 is 20.1 Å². The molecule has 166 valence electrons. The summed E-state index contributed by atoms with van der Waals surface area (Å²) >= 11 is 0. The summed E-state index contributed by atoms with van der Waals surface area (Å²) in [5.74, 6) is -1.10. The average Bonchev–Trinajstić information content (AvgIpc) is 2.62. The summed E-state index contributed by atoms with van der Waals surface area (Å²) in [5, 5.41) is 21.1. The molecular weight excluding hydrogens is 394 g/mol. The van der Waals surface area contributed by atoms with Crippen LogP contribution in [0.4, 0.5) is 0 Å². The molecule has 1 aromatic carbocycles. The first-order valence-corrected chi connectivity index (χ1v) is 14.6. The topological polar surface area (TPSA) is 77.8 Å². The van der Waals surface area contributed by atoms with Crippen molar-refractivity contribution in [3.63, 3.8) is 0 Å². The summed E-state index contributed by atoms with van der Waals surface area (Å²) in [4.78, 5) is 26.9. The summed E-state index contributed by atoms with van der Waals surface area (Å²) in [6.07, 6.45) is 3.11. The minimum absolute atomic E-state index is 0.131. The van der Waals surface area contributed by atoms with Gasteiger partial charge in [-0.1, -0.05) is 38.7 Å². The Balaban J connectivity index is 2.09. The summed E-state index contributed by atoms with van der Waals surface area (Å²) in [7, 11) is -1.95. The summed E-state index contributed by atoms with van der Waals surface area (Å²) < 4.78 is 0. The molecule has 5 nitrogen and oxygen atoms in total. The van der Waals surface area contributed by atoms with Crippen LogP contribution in [-0.4, -0.2) is 41.1 Å². The maximum absolute atomic E-state index is 13.1. The van der Waals surface area contributed by atoms with Crippen LogP contribution >= 0.6 is 0 Å². The number of aliphatic hydroxyl groups excluding tert-OH is 1. The van der Waals surface area contributed by atoms with E-state index in [2.05, 4.69) is 45.3 Å². The van der Waals surface area contributed by atoms with Crippen molar-refractivity contribution in [1.29, 1.82) is 0 Å². The fourth-order valence-electron chi connectivity index (χ4n) is 5.58. The van der Waals surface area contributed by atoms with Gasteiger partial charge in [-0.3, -0.25) is 4.79 Å². The fourth-order valence-corrected chi connectivity index (χ4v) is 7.99. The van der Waals surface area contributed by atoms with Gasteiger partial charge in [-0.15, -0.1) is 0 Å². The number of carbonyl (C=O) groups excluding carboxylic acids is 1. The van der Waals surface area contributed by atoms with E-state index in [1.165, 1.54) is 5.56 Å². The zero-order valence-electron chi connectivity index (χ0n) is 19.6. The van der Waals surface area contributed by atoms with Gasteiger partial charge in [0, 0.05) is 12.6 Å². The van der Waals surface area contributed by atoms with Crippen LogP contribution in [0.5, 0.6) is 0 Å². The molecule has 2 N–H and O–H groups in total. The molecule has 2 aliphatic rings. The SMILES string of the molecule is Cc1c2c(c(C)c([Si](C)(C)C)c1[C@H](O)C(=O)O)CN(C1CCC(C)(C)CC1)C(=O)C2. The van der Waals surface area contributed by atoms with Gasteiger partial charge in [0.05, 0.1) is 14.5 Å². The van der Waals surface area contributed by atoms with Crippen LogP contribution in [0.3, 0.4) is 0 Å². The molecule has 1 aliphatic carbocycles. The number of hydrogen-bond donors (Lipinski definition) is 2. The van der Waals surface area contributed by atoms with E-state index in [0.717, 1.165) is 47.6 Å². The molecule has 30 heavy (non-hydrogen) atoms. The number of rotatable bonds is 4. The molecule has 0 bridgehead atoms. The third-order valence-electron chi connectivity index (χ3n) is 7.30. The van der Waals surface area contributed by atoms with Gasteiger partial charge in [0.2, 0.25) is 5.91 Å². The number of aliphatic carboxylic acids is 1. The first-order valence-electron chi connectivity index (χ1n) is 11.1. The third kappa shape index (κ3) is 4.08. The zero-order chi connectivity index (χ0) is 22.6. The third-order valence-corrected chi connectivity index (χ3v) is 9.45. The Labute approximate surface area is 181 Å². The van der Waals surface area contributed by atoms with Crippen molar-refractivity contribution >= 4 is 25.1 Å². The molecule has 0 saturated heterocycles. The highest BCUT2D eigenvalue weighted by Crippen LogP contribution is 2.39. The molecule has 1 atom stereocenters. The second-order valence-electron chi connectivity index (χ2n) is 11.1. The number of nitrogens with zero attached hydrogens (tertiary/aromatic N) is 1. The van der Waals surface area contributed by atoms with Crippen LogP contribution in [0.15, 0.2) is 0 Å². The highest BCUT2D eigenvalue weighted by Gasteiger charge is 2.39. The predicted molar refractivity (Wildman–Crippen MR) is 122 cm³/mol. The van der Waals surface area contributed by atoms with Gasteiger partial charge in [-0.05, 0) is 72.8 Å². The Morgan fingerprint density at radius 3 is 2.17 bits per heavy atom. The molecule has 0 aromatic heterocycles. The van der Waals surface area contributed by atoms with Crippen LogP contribution in [0.25, 0.3) is 0 Å². The normalized spacial score (nSPS) is 20.8. The van der Waals surface area contributed by atoms with Gasteiger partial charge < -0.3 is 15.1 Å².